The molecule has 1 saturated heterocycles. The molecule has 1 aliphatic heterocycles. The van der Waals surface area contributed by atoms with Crippen LogP contribution in [0.25, 0.3) is 0 Å². The first kappa shape index (κ1) is 21.1. The number of non-ortho nitro benzene ring substituents is 1. The quantitative estimate of drug-likeness (QED) is 0.607. The van der Waals surface area contributed by atoms with Crippen molar-refractivity contribution in [3.05, 3.63) is 38.9 Å². The van der Waals surface area contributed by atoms with E-state index in [-0.39, 0.29) is 40.3 Å². The van der Waals surface area contributed by atoms with Gasteiger partial charge in [0.15, 0.2) is 0 Å². The minimum absolute atomic E-state index is 0.0368. The molecule has 0 spiro atoms. The Kier molecular flexibility index (Phi) is 6.78. The van der Waals surface area contributed by atoms with Gasteiger partial charge < -0.3 is 15.0 Å². The number of ether oxygens (including phenoxy) is 1. The maximum atomic E-state index is 13.0. The second kappa shape index (κ2) is 8.67. The molecule has 0 radical (unpaired) electrons. The molecule has 148 valence electrons. The van der Waals surface area contributed by atoms with Gasteiger partial charge in [-0.05, 0) is 25.8 Å². The highest BCUT2D eigenvalue weighted by Gasteiger charge is 2.33. The number of nitro benzene ring substituents is 1. The lowest BCUT2D eigenvalue weighted by atomic mass is 10.0. The highest BCUT2D eigenvalue weighted by molar-refractivity contribution is 6.34. The summed E-state index contributed by atoms with van der Waals surface area (Å²) < 4.78 is 5.65. The van der Waals surface area contributed by atoms with E-state index < -0.39 is 16.9 Å². The molecule has 2 amide bonds. The van der Waals surface area contributed by atoms with E-state index in [0.717, 1.165) is 6.07 Å². The average molecular weight is 398 g/mol. The molecule has 3 atom stereocenters. The lowest BCUT2D eigenvalue weighted by molar-refractivity contribution is -0.384. The Hall–Kier alpha value is -2.19. The second-order valence-electron chi connectivity index (χ2n) is 7.12. The number of nitrogens with zero attached hydrogens (tertiary/aromatic N) is 2. The van der Waals surface area contributed by atoms with Gasteiger partial charge in [-0.15, -0.1) is 0 Å². The first-order chi connectivity index (χ1) is 12.6. The van der Waals surface area contributed by atoms with Gasteiger partial charge in [-0.2, -0.15) is 0 Å². The lowest BCUT2D eigenvalue weighted by Gasteiger charge is -2.38. The Labute approximate surface area is 163 Å². The van der Waals surface area contributed by atoms with Crippen molar-refractivity contribution in [2.45, 2.75) is 45.9 Å². The molecule has 1 aromatic carbocycles. The monoisotopic (exact) mass is 397 g/mol. The number of rotatable bonds is 5. The Morgan fingerprint density at radius 3 is 2.37 bits per heavy atom. The van der Waals surface area contributed by atoms with Crippen molar-refractivity contribution in [1.82, 2.24) is 10.2 Å². The first-order valence-electron chi connectivity index (χ1n) is 8.79. The number of carbonyl (C=O) groups excluding carboxylic acids is 2. The maximum Gasteiger partial charge on any atom is 0.270 e. The van der Waals surface area contributed by atoms with Crippen LogP contribution in [0.15, 0.2) is 18.2 Å². The molecule has 1 fully saturated rings. The predicted octanol–water partition coefficient (Wildman–Crippen LogP) is 2.64. The third kappa shape index (κ3) is 5.17. The van der Waals surface area contributed by atoms with Crippen LogP contribution in [-0.4, -0.2) is 53.0 Å². The van der Waals surface area contributed by atoms with Crippen LogP contribution in [0.1, 0.15) is 38.1 Å². The average Bonchev–Trinajstić information content (AvgIpc) is 2.57. The van der Waals surface area contributed by atoms with Crippen LogP contribution in [0.4, 0.5) is 5.69 Å². The first-order valence-corrected chi connectivity index (χ1v) is 9.17. The molecule has 3 unspecified atom stereocenters. The second-order valence-corrected chi connectivity index (χ2v) is 7.52. The highest BCUT2D eigenvalue weighted by Crippen LogP contribution is 2.23. The number of halogens is 1. The zero-order chi connectivity index (χ0) is 20.3. The normalized spacial score (nSPS) is 21.0. The number of amides is 2. The molecule has 0 aliphatic carbocycles. The van der Waals surface area contributed by atoms with Crippen LogP contribution in [-0.2, 0) is 9.53 Å². The van der Waals surface area contributed by atoms with Gasteiger partial charge in [0, 0.05) is 25.2 Å². The van der Waals surface area contributed by atoms with E-state index in [2.05, 4.69) is 5.32 Å². The summed E-state index contributed by atoms with van der Waals surface area (Å²) in [6, 6.07) is 2.88. The van der Waals surface area contributed by atoms with Gasteiger partial charge in [0.2, 0.25) is 5.91 Å². The maximum absolute atomic E-state index is 13.0. The molecule has 8 nitrogen and oxygen atoms in total. The van der Waals surface area contributed by atoms with E-state index in [1.54, 1.807) is 4.90 Å². The van der Waals surface area contributed by atoms with Crippen molar-refractivity contribution in [2.24, 2.45) is 5.92 Å². The third-order valence-electron chi connectivity index (χ3n) is 4.36. The number of morpholine rings is 1. The van der Waals surface area contributed by atoms with Gasteiger partial charge >= 0.3 is 0 Å². The van der Waals surface area contributed by atoms with Crippen molar-refractivity contribution in [3.63, 3.8) is 0 Å². The summed E-state index contributed by atoms with van der Waals surface area (Å²) >= 11 is 6.02. The lowest BCUT2D eigenvalue weighted by Crippen LogP contribution is -2.56. The zero-order valence-corrected chi connectivity index (χ0v) is 16.5. The van der Waals surface area contributed by atoms with Crippen LogP contribution < -0.4 is 5.32 Å². The molecule has 2 rings (SSSR count). The fourth-order valence-corrected chi connectivity index (χ4v) is 3.35. The molecule has 0 bridgehead atoms. The van der Waals surface area contributed by atoms with Gasteiger partial charge in [0.1, 0.15) is 6.04 Å². The number of carbonyl (C=O) groups is 2. The molecule has 1 heterocycles. The Bertz CT molecular complexity index is 730. The SMILES string of the molecule is CC1CN(C(=O)C(NC(=O)c2ccc([N+](=O)[O-])cc2Cl)C(C)C)CC(C)O1. The van der Waals surface area contributed by atoms with Gasteiger partial charge in [0.05, 0.1) is 27.7 Å². The van der Waals surface area contributed by atoms with Crippen LogP contribution in [0.5, 0.6) is 0 Å². The molecule has 0 saturated carbocycles. The molecule has 1 aliphatic rings. The number of hydrogen-bond donors (Lipinski definition) is 1. The van der Waals surface area contributed by atoms with Crippen molar-refractivity contribution in [3.8, 4) is 0 Å². The number of hydrogen-bond acceptors (Lipinski definition) is 5. The Balaban J connectivity index is 2.17. The fourth-order valence-electron chi connectivity index (χ4n) is 3.09. The van der Waals surface area contributed by atoms with Gasteiger partial charge in [0.25, 0.3) is 11.6 Å². The smallest absolute Gasteiger partial charge is 0.270 e. The van der Waals surface area contributed by atoms with E-state index in [0.29, 0.717) is 13.1 Å². The van der Waals surface area contributed by atoms with Crippen LogP contribution in [0, 0.1) is 16.0 Å². The number of nitrogens with one attached hydrogen (secondary N) is 1. The summed E-state index contributed by atoms with van der Waals surface area (Å²) in [4.78, 5) is 37.5. The van der Waals surface area contributed by atoms with Crippen molar-refractivity contribution in [2.75, 3.05) is 13.1 Å². The zero-order valence-electron chi connectivity index (χ0n) is 15.8. The predicted molar refractivity (Wildman–Crippen MR) is 101 cm³/mol. The molecule has 0 aromatic heterocycles. The Morgan fingerprint density at radius 2 is 1.89 bits per heavy atom. The van der Waals surface area contributed by atoms with Crippen molar-refractivity contribution in [1.29, 1.82) is 0 Å². The molecule has 1 aromatic rings. The van der Waals surface area contributed by atoms with E-state index in [1.807, 2.05) is 27.7 Å². The largest absolute Gasteiger partial charge is 0.372 e. The number of benzene rings is 1. The summed E-state index contributed by atoms with van der Waals surface area (Å²) in [6.45, 7) is 8.40. The topological polar surface area (TPSA) is 102 Å². The van der Waals surface area contributed by atoms with E-state index in [1.165, 1.54) is 12.1 Å². The van der Waals surface area contributed by atoms with E-state index in [4.69, 9.17) is 16.3 Å². The molecular formula is C18H24ClN3O5. The summed E-state index contributed by atoms with van der Waals surface area (Å²) in [7, 11) is 0. The fraction of sp³-hybridized carbons (Fsp3) is 0.556. The van der Waals surface area contributed by atoms with Crippen molar-refractivity contribution >= 4 is 29.1 Å². The highest BCUT2D eigenvalue weighted by atomic mass is 35.5. The van der Waals surface area contributed by atoms with Crippen LogP contribution in [0.3, 0.4) is 0 Å². The van der Waals surface area contributed by atoms with E-state index in [9.17, 15) is 19.7 Å². The third-order valence-corrected chi connectivity index (χ3v) is 4.67. The Morgan fingerprint density at radius 1 is 1.30 bits per heavy atom. The molecule has 1 N–H and O–H groups in total. The van der Waals surface area contributed by atoms with Crippen molar-refractivity contribution < 1.29 is 19.2 Å². The molecule has 9 heteroatoms. The van der Waals surface area contributed by atoms with Crippen LogP contribution in [0.2, 0.25) is 5.02 Å². The number of nitro groups is 1. The summed E-state index contributed by atoms with van der Waals surface area (Å²) in [5.74, 6) is -0.874. The van der Waals surface area contributed by atoms with Gasteiger partial charge in [-0.25, -0.2) is 0 Å². The summed E-state index contributed by atoms with van der Waals surface area (Å²) in [5, 5.41) is 13.5. The van der Waals surface area contributed by atoms with Crippen LogP contribution >= 0.6 is 11.6 Å². The minimum atomic E-state index is -0.735. The summed E-state index contributed by atoms with van der Waals surface area (Å²) in [6.07, 6.45) is -0.157. The standard InChI is InChI=1S/C18H24ClN3O5/c1-10(2)16(18(24)21-8-11(3)27-12(4)9-21)20-17(23)14-6-5-13(22(25)26)7-15(14)19/h5-7,10-12,16H,8-9H2,1-4H3,(H,20,23). The molecule has 27 heavy (non-hydrogen) atoms. The van der Waals surface area contributed by atoms with Gasteiger partial charge in [-0.1, -0.05) is 25.4 Å². The minimum Gasteiger partial charge on any atom is -0.372 e. The van der Waals surface area contributed by atoms with Gasteiger partial charge in [-0.3, -0.25) is 19.7 Å². The van der Waals surface area contributed by atoms with E-state index >= 15 is 0 Å². The molecular weight excluding hydrogens is 374 g/mol. The summed E-state index contributed by atoms with van der Waals surface area (Å²) in [5.41, 5.74) is -0.117.